The Labute approximate surface area is 184 Å². The molecule has 2 heterocycles. The summed E-state index contributed by atoms with van der Waals surface area (Å²) in [6, 6.07) is 16.9. The van der Waals surface area contributed by atoms with Gasteiger partial charge in [0.25, 0.3) is 5.91 Å². The molecule has 0 radical (unpaired) electrons. The Morgan fingerprint density at radius 1 is 0.933 bits per heavy atom. The van der Waals surface area contributed by atoms with E-state index >= 15 is 0 Å². The van der Waals surface area contributed by atoms with Gasteiger partial charge in [-0.15, -0.1) is 0 Å². The Bertz CT molecular complexity index is 1010. The fourth-order valence-electron chi connectivity index (χ4n) is 3.49. The van der Waals surface area contributed by atoms with Gasteiger partial charge in [-0.25, -0.2) is 9.97 Å². The van der Waals surface area contributed by atoms with Crippen molar-refractivity contribution in [2.75, 3.05) is 28.6 Å². The number of amides is 1. The van der Waals surface area contributed by atoms with Crippen LogP contribution in [0.25, 0.3) is 0 Å². The van der Waals surface area contributed by atoms with Crippen molar-refractivity contribution in [3.63, 3.8) is 0 Å². The quantitative estimate of drug-likeness (QED) is 0.517. The highest BCUT2D eigenvalue weighted by Crippen LogP contribution is 2.23. The van der Waals surface area contributed by atoms with Crippen molar-refractivity contribution >= 4 is 44.8 Å². The highest BCUT2D eigenvalue weighted by Gasteiger charge is 2.14. The molecule has 7 heteroatoms. The number of carbonyl (C=O) groups excluding carboxylic acids is 1. The summed E-state index contributed by atoms with van der Waals surface area (Å²) in [7, 11) is 0. The van der Waals surface area contributed by atoms with E-state index in [-0.39, 0.29) is 5.91 Å². The summed E-state index contributed by atoms with van der Waals surface area (Å²) < 4.78 is 0.942. The van der Waals surface area contributed by atoms with Gasteiger partial charge < -0.3 is 15.5 Å². The number of rotatable bonds is 5. The molecule has 1 aromatic heterocycles. The first-order chi connectivity index (χ1) is 14.6. The van der Waals surface area contributed by atoms with Gasteiger partial charge in [-0.2, -0.15) is 0 Å². The molecule has 4 rings (SSSR count). The monoisotopic (exact) mass is 465 g/mol. The maximum atomic E-state index is 12.4. The number of hydrogen-bond acceptors (Lipinski definition) is 5. The van der Waals surface area contributed by atoms with Gasteiger partial charge in [-0.1, -0.05) is 15.9 Å². The van der Waals surface area contributed by atoms with Crippen molar-refractivity contribution < 1.29 is 4.79 Å². The molecule has 3 aromatic rings. The second kappa shape index (κ2) is 9.26. The zero-order chi connectivity index (χ0) is 20.9. The van der Waals surface area contributed by atoms with Gasteiger partial charge in [0.05, 0.1) is 0 Å². The van der Waals surface area contributed by atoms with Crippen molar-refractivity contribution in [1.29, 1.82) is 0 Å². The van der Waals surface area contributed by atoms with Crippen LogP contribution in [0.5, 0.6) is 0 Å². The Kier molecular flexibility index (Phi) is 6.28. The molecule has 0 atom stereocenters. The van der Waals surface area contributed by atoms with Crippen LogP contribution in [-0.4, -0.2) is 29.0 Å². The molecule has 0 unspecified atom stereocenters. The van der Waals surface area contributed by atoms with E-state index in [9.17, 15) is 4.79 Å². The van der Waals surface area contributed by atoms with Gasteiger partial charge in [-0.3, -0.25) is 4.79 Å². The molecule has 2 N–H and O–H groups in total. The lowest BCUT2D eigenvalue weighted by Crippen LogP contribution is -2.30. The second-order valence-corrected chi connectivity index (χ2v) is 8.29. The minimum absolute atomic E-state index is 0.138. The average Bonchev–Trinajstić information content (AvgIpc) is 2.76. The highest BCUT2D eigenvalue weighted by molar-refractivity contribution is 9.10. The molecule has 0 aliphatic carbocycles. The Balaban J connectivity index is 1.42. The van der Waals surface area contributed by atoms with Gasteiger partial charge >= 0.3 is 0 Å². The summed E-state index contributed by atoms with van der Waals surface area (Å²) in [5.41, 5.74) is 2.25. The van der Waals surface area contributed by atoms with Crippen LogP contribution in [0.1, 0.15) is 35.4 Å². The third-order valence-electron chi connectivity index (χ3n) is 5.03. The number of anilines is 4. The van der Waals surface area contributed by atoms with E-state index in [1.807, 2.05) is 49.4 Å². The number of halogens is 1. The lowest BCUT2D eigenvalue weighted by Gasteiger charge is -2.28. The Morgan fingerprint density at radius 2 is 1.60 bits per heavy atom. The van der Waals surface area contributed by atoms with E-state index in [1.54, 1.807) is 12.1 Å². The summed E-state index contributed by atoms with van der Waals surface area (Å²) in [5, 5.41) is 6.26. The first-order valence-corrected chi connectivity index (χ1v) is 10.9. The zero-order valence-corrected chi connectivity index (χ0v) is 18.4. The lowest BCUT2D eigenvalue weighted by atomic mass is 10.1. The van der Waals surface area contributed by atoms with Crippen LogP contribution in [0.3, 0.4) is 0 Å². The van der Waals surface area contributed by atoms with Crippen LogP contribution < -0.4 is 15.5 Å². The summed E-state index contributed by atoms with van der Waals surface area (Å²) in [5.74, 6) is 2.36. The normalized spacial score (nSPS) is 13.7. The first-order valence-electron chi connectivity index (χ1n) is 10.1. The zero-order valence-electron chi connectivity index (χ0n) is 16.9. The number of nitrogens with one attached hydrogen (secondary N) is 2. The molecular formula is C23H24BrN5O. The van der Waals surface area contributed by atoms with Gasteiger partial charge in [0.2, 0.25) is 0 Å². The number of aryl methyl sites for hydroxylation is 1. The van der Waals surface area contributed by atoms with Gasteiger partial charge in [0.15, 0.2) is 0 Å². The molecule has 1 amide bonds. The highest BCUT2D eigenvalue weighted by atomic mass is 79.9. The SMILES string of the molecule is Cc1nc(Nc2ccc(NC(=O)c3ccc(Br)cc3)cc2)cc(N2CCCCC2)n1. The van der Waals surface area contributed by atoms with Gasteiger partial charge in [0.1, 0.15) is 17.5 Å². The fraction of sp³-hybridized carbons (Fsp3) is 0.261. The molecule has 1 aliphatic rings. The number of carbonyl (C=O) groups is 1. The molecule has 6 nitrogen and oxygen atoms in total. The molecule has 0 saturated carbocycles. The number of aromatic nitrogens is 2. The third kappa shape index (κ3) is 5.16. The lowest BCUT2D eigenvalue weighted by molar-refractivity contribution is 0.102. The van der Waals surface area contributed by atoms with E-state index in [0.29, 0.717) is 5.56 Å². The smallest absolute Gasteiger partial charge is 0.255 e. The minimum Gasteiger partial charge on any atom is -0.356 e. The fourth-order valence-corrected chi connectivity index (χ4v) is 3.75. The summed E-state index contributed by atoms with van der Waals surface area (Å²) in [4.78, 5) is 23.8. The number of benzene rings is 2. The average molecular weight is 466 g/mol. The Hall–Kier alpha value is -2.93. The molecule has 0 bridgehead atoms. The predicted molar refractivity (Wildman–Crippen MR) is 125 cm³/mol. The molecule has 1 fully saturated rings. The number of piperidine rings is 1. The van der Waals surface area contributed by atoms with E-state index in [1.165, 1.54) is 19.3 Å². The Morgan fingerprint density at radius 3 is 2.30 bits per heavy atom. The predicted octanol–water partition coefficient (Wildman–Crippen LogP) is 5.53. The topological polar surface area (TPSA) is 70.2 Å². The van der Waals surface area contributed by atoms with Crippen molar-refractivity contribution in [3.8, 4) is 0 Å². The van der Waals surface area contributed by atoms with Crippen molar-refractivity contribution in [1.82, 2.24) is 9.97 Å². The number of nitrogens with zero attached hydrogens (tertiary/aromatic N) is 3. The maximum absolute atomic E-state index is 12.4. The van der Waals surface area contributed by atoms with Crippen LogP contribution in [0.15, 0.2) is 59.1 Å². The van der Waals surface area contributed by atoms with E-state index < -0.39 is 0 Å². The molecule has 2 aromatic carbocycles. The standard InChI is InChI=1S/C23H24BrN5O/c1-16-25-21(15-22(26-16)29-13-3-2-4-14-29)27-19-9-11-20(12-10-19)28-23(30)17-5-7-18(24)8-6-17/h5-12,15H,2-4,13-14H2,1H3,(H,28,30)(H,25,26,27). The third-order valence-corrected chi connectivity index (χ3v) is 5.55. The summed E-state index contributed by atoms with van der Waals surface area (Å²) in [6.45, 7) is 4.00. The van der Waals surface area contributed by atoms with Crippen LogP contribution in [-0.2, 0) is 0 Å². The molecule has 0 spiro atoms. The molecule has 30 heavy (non-hydrogen) atoms. The van der Waals surface area contributed by atoms with Crippen LogP contribution in [0.2, 0.25) is 0 Å². The molecule has 154 valence electrons. The molecular weight excluding hydrogens is 442 g/mol. The van der Waals surface area contributed by atoms with Crippen LogP contribution in [0, 0.1) is 6.92 Å². The largest absolute Gasteiger partial charge is 0.356 e. The maximum Gasteiger partial charge on any atom is 0.255 e. The van der Waals surface area contributed by atoms with Gasteiger partial charge in [-0.05, 0) is 74.7 Å². The van der Waals surface area contributed by atoms with E-state index in [2.05, 4.69) is 41.4 Å². The minimum atomic E-state index is -0.138. The van der Waals surface area contributed by atoms with Crippen molar-refractivity contribution in [2.45, 2.75) is 26.2 Å². The van der Waals surface area contributed by atoms with E-state index in [0.717, 1.165) is 46.4 Å². The van der Waals surface area contributed by atoms with E-state index in [4.69, 9.17) is 0 Å². The number of hydrogen-bond donors (Lipinski definition) is 2. The first kappa shape index (κ1) is 20.3. The van der Waals surface area contributed by atoms with Crippen LogP contribution in [0.4, 0.5) is 23.0 Å². The van der Waals surface area contributed by atoms with Crippen molar-refractivity contribution in [3.05, 3.63) is 70.5 Å². The molecule has 1 aliphatic heterocycles. The van der Waals surface area contributed by atoms with Crippen molar-refractivity contribution in [2.24, 2.45) is 0 Å². The summed E-state index contributed by atoms with van der Waals surface area (Å²) in [6.07, 6.45) is 3.70. The second-order valence-electron chi connectivity index (χ2n) is 7.37. The van der Waals surface area contributed by atoms with Gasteiger partial charge in [0, 0.05) is 40.6 Å². The van der Waals surface area contributed by atoms with Crippen LogP contribution >= 0.6 is 15.9 Å². The summed E-state index contributed by atoms with van der Waals surface area (Å²) >= 11 is 3.38. The molecule has 1 saturated heterocycles.